The minimum absolute atomic E-state index is 0.187. The number of nitriles is 1. The Labute approximate surface area is 103 Å². The Morgan fingerprint density at radius 2 is 2.00 bits per heavy atom. The van der Waals surface area contributed by atoms with Gasteiger partial charge in [0.1, 0.15) is 17.3 Å². The number of ether oxygens (including phenoxy) is 1. The van der Waals surface area contributed by atoms with Crippen LogP contribution in [0.3, 0.4) is 0 Å². The van der Waals surface area contributed by atoms with Gasteiger partial charge in [0.25, 0.3) is 0 Å². The monoisotopic (exact) mass is 247 g/mol. The van der Waals surface area contributed by atoms with E-state index in [9.17, 15) is 4.39 Å². The van der Waals surface area contributed by atoms with Crippen LogP contribution in [0.15, 0.2) is 42.5 Å². The minimum atomic E-state index is -0.423. The van der Waals surface area contributed by atoms with Crippen LogP contribution in [-0.4, -0.2) is 0 Å². The molecule has 0 aliphatic heterocycles. The topological polar surface area (TPSA) is 33.0 Å². The van der Waals surface area contributed by atoms with E-state index < -0.39 is 5.82 Å². The molecule has 84 valence electrons. The van der Waals surface area contributed by atoms with E-state index in [1.807, 2.05) is 6.07 Å². The normalized spacial score (nSPS) is 9.71. The standard InChI is InChI=1S/C13H7ClFNO/c14-12-7-10(15)4-5-13(12)17-11-3-1-2-9(6-11)8-16/h1-7H. The molecule has 0 radical (unpaired) electrons. The van der Waals surface area contributed by atoms with E-state index in [2.05, 4.69) is 0 Å². The molecule has 0 spiro atoms. The molecule has 0 aliphatic carbocycles. The molecule has 0 amide bonds. The van der Waals surface area contributed by atoms with Crippen molar-refractivity contribution in [3.63, 3.8) is 0 Å². The maximum Gasteiger partial charge on any atom is 0.146 e. The molecule has 0 saturated heterocycles. The number of hydrogen-bond donors (Lipinski definition) is 0. The van der Waals surface area contributed by atoms with E-state index in [0.717, 1.165) is 0 Å². The van der Waals surface area contributed by atoms with Crippen molar-refractivity contribution in [1.82, 2.24) is 0 Å². The van der Waals surface area contributed by atoms with E-state index in [-0.39, 0.29) is 5.02 Å². The average molecular weight is 248 g/mol. The van der Waals surface area contributed by atoms with Crippen molar-refractivity contribution in [3.8, 4) is 17.6 Å². The fourth-order valence-electron chi connectivity index (χ4n) is 1.31. The van der Waals surface area contributed by atoms with E-state index in [1.165, 1.54) is 18.2 Å². The van der Waals surface area contributed by atoms with Gasteiger partial charge in [0, 0.05) is 0 Å². The van der Waals surface area contributed by atoms with Crippen molar-refractivity contribution in [1.29, 1.82) is 5.26 Å². The third kappa shape index (κ3) is 2.74. The van der Waals surface area contributed by atoms with E-state index in [1.54, 1.807) is 24.3 Å². The van der Waals surface area contributed by atoms with Crippen molar-refractivity contribution in [3.05, 3.63) is 58.9 Å². The van der Waals surface area contributed by atoms with Crippen molar-refractivity contribution >= 4 is 11.6 Å². The van der Waals surface area contributed by atoms with Crippen molar-refractivity contribution in [2.24, 2.45) is 0 Å². The Kier molecular flexibility index (Phi) is 3.27. The summed E-state index contributed by atoms with van der Waals surface area (Å²) in [5.41, 5.74) is 0.487. The Hall–Kier alpha value is -2.05. The van der Waals surface area contributed by atoms with Crippen LogP contribution < -0.4 is 4.74 Å². The minimum Gasteiger partial charge on any atom is -0.456 e. The lowest BCUT2D eigenvalue weighted by atomic mass is 10.2. The lowest BCUT2D eigenvalue weighted by Crippen LogP contribution is -1.87. The van der Waals surface area contributed by atoms with Gasteiger partial charge in [0.2, 0.25) is 0 Å². The quantitative estimate of drug-likeness (QED) is 0.799. The highest BCUT2D eigenvalue weighted by Gasteiger charge is 2.04. The Morgan fingerprint density at radius 3 is 2.71 bits per heavy atom. The Balaban J connectivity index is 2.28. The predicted octanol–water partition coefficient (Wildman–Crippen LogP) is 4.14. The van der Waals surface area contributed by atoms with Crippen molar-refractivity contribution < 1.29 is 9.13 Å². The van der Waals surface area contributed by atoms with Crippen LogP contribution in [0.1, 0.15) is 5.56 Å². The maximum atomic E-state index is 12.8. The summed E-state index contributed by atoms with van der Waals surface area (Å²) in [7, 11) is 0. The van der Waals surface area contributed by atoms with Crippen LogP contribution in [0, 0.1) is 17.1 Å². The van der Waals surface area contributed by atoms with Gasteiger partial charge in [-0.1, -0.05) is 17.7 Å². The fraction of sp³-hybridized carbons (Fsp3) is 0. The highest BCUT2D eigenvalue weighted by atomic mass is 35.5. The van der Waals surface area contributed by atoms with Gasteiger partial charge < -0.3 is 4.74 Å². The fourth-order valence-corrected chi connectivity index (χ4v) is 1.52. The van der Waals surface area contributed by atoms with Crippen LogP contribution >= 0.6 is 11.6 Å². The number of nitrogens with zero attached hydrogens (tertiary/aromatic N) is 1. The number of benzene rings is 2. The SMILES string of the molecule is N#Cc1cccc(Oc2ccc(F)cc2Cl)c1. The molecule has 0 saturated carbocycles. The van der Waals surface area contributed by atoms with Gasteiger partial charge in [-0.2, -0.15) is 5.26 Å². The summed E-state index contributed by atoms with van der Waals surface area (Å²) in [6, 6.07) is 12.5. The highest BCUT2D eigenvalue weighted by Crippen LogP contribution is 2.29. The first-order valence-corrected chi connectivity index (χ1v) is 5.20. The molecule has 0 bridgehead atoms. The summed E-state index contributed by atoms with van der Waals surface area (Å²) in [4.78, 5) is 0. The van der Waals surface area contributed by atoms with Gasteiger partial charge in [-0.25, -0.2) is 4.39 Å². The number of rotatable bonds is 2. The Bertz CT molecular complexity index is 592. The average Bonchev–Trinajstić information content (AvgIpc) is 2.33. The second-order valence-corrected chi connectivity index (χ2v) is 3.72. The lowest BCUT2D eigenvalue weighted by Gasteiger charge is -2.07. The summed E-state index contributed by atoms with van der Waals surface area (Å²) < 4.78 is 18.3. The van der Waals surface area contributed by atoms with E-state index >= 15 is 0 Å². The molecule has 17 heavy (non-hydrogen) atoms. The van der Waals surface area contributed by atoms with Crippen LogP contribution in [-0.2, 0) is 0 Å². The first-order chi connectivity index (χ1) is 8.19. The van der Waals surface area contributed by atoms with Crippen LogP contribution in [0.2, 0.25) is 5.02 Å². The summed E-state index contributed by atoms with van der Waals surface area (Å²) in [6.07, 6.45) is 0. The zero-order valence-electron chi connectivity index (χ0n) is 8.65. The molecule has 2 aromatic carbocycles. The molecule has 2 rings (SSSR count). The van der Waals surface area contributed by atoms with Gasteiger partial charge in [-0.3, -0.25) is 0 Å². The van der Waals surface area contributed by atoms with Gasteiger partial charge in [-0.05, 0) is 36.4 Å². The molecule has 4 heteroatoms. The Morgan fingerprint density at radius 1 is 1.18 bits per heavy atom. The predicted molar refractivity (Wildman–Crippen MR) is 62.6 cm³/mol. The third-order valence-corrected chi connectivity index (χ3v) is 2.38. The molecule has 0 fully saturated rings. The molecule has 0 aliphatic rings. The molecular formula is C13H7ClFNO. The molecule has 2 nitrogen and oxygen atoms in total. The van der Waals surface area contributed by atoms with Crippen LogP contribution in [0.25, 0.3) is 0 Å². The number of halogens is 2. The van der Waals surface area contributed by atoms with Crippen LogP contribution in [0.4, 0.5) is 4.39 Å². The zero-order chi connectivity index (χ0) is 12.3. The molecular weight excluding hydrogens is 241 g/mol. The van der Waals surface area contributed by atoms with Gasteiger partial charge in [0.15, 0.2) is 0 Å². The number of hydrogen-bond acceptors (Lipinski definition) is 2. The summed E-state index contributed by atoms with van der Waals surface area (Å²) in [6.45, 7) is 0. The van der Waals surface area contributed by atoms with Gasteiger partial charge >= 0.3 is 0 Å². The third-order valence-electron chi connectivity index (χ3n) is 2.08. The molecule has 0 N–H and O–H groups in total. The second kappa shape index (κ2) is 4.86. The molecule has 0 aromatic heterocycles. The summed E-state index contributed by atoms with van der Waals surface area (Å²) >= 11 is 5.82. The molecule has 0 atom stereocenters. The van der Waals surface area contributed by atoms with Gasteiger partial charge in [0.05, 0.1) is 16.7 Å². The molecule has 0 unspecified atom stereocenters. The maximum absolute atomic E-state index is 12.8. The van der Waals surface area contributed by atoms with E-state index in [0.29, 0.717) is 17.1 Å². The highest BCUT2D eigenvalue weighted by molar-refractivity contribution is 6.32. The van der Waals surface area contributed by atoms with Crippen LogP contribution in [0.5, 0.6) is 11.5 Å². The molecule has 0 heterocycles. The summed E-state index contributed by atoms with van der Waals surface area (Å²) in [5.74, 6) is 0.411. The first-order valence-electron chi connectivity index (χ1n) is 4.82. The smallest absolute Gasteiger partial charge is 0.146 e. The lowest BCUT2D eigenvalue weighted by molar-refractivity contribution is 0.480. The van der Waals surface area contributed by atoms with Crippen molar-refractivity contribution in [2.75, 3.05) is 0 Å². The summed E-state index contributed by atoms with van der Waals surface area (Å²) in [5, 5.41) is 8.93. The van der Waals surface area contributed by atoms with Crippen molar-refractivity contribution in [2.45, 2.75) is 0 Å². The second-order valence-electron chi connectivity index (χ2n) is 3.32. The largest absolute Gasteiger partial charge is 0.456 e. The molecule has 2 aromatic rings. The zero-order valence-corrected chi connectivity index (χ0v) is 9.41. The van der Waals surface area contributed by atoms with Gasteiger partial charge in [-0.15, -0.1) is 0 Å². The first kappa shape index (κ1) is 11.4. The van der Waals surface area contributed by atoms with E-state index in [4.69, 9.17) is 21.6 Å².